The fraction of sp³-hybridized carbons (Fsp3) is 0.235. The first-order chi connectivity index (χ1) is 11.0. The number of aryl methyl sites for hydroxylation is 2. The number of carbonyl (C=O) groups is 1. The molecular weight excluding hydrogens is 310 g/mol. The molecule has 23 heavy (non-hydrogen) atoms. The van der Waals surface area contributed by atoms with Crippen molar-refractivity contribution < 1.29 is 9.53 Å². The van der Waals surface area contributed by atoms with Gasteiger partial charge in [-0.3, -0.25) is 4.79 Å². The zero-order valence-electron chi connectivity index (χ0n) is 13.5. The van der Waals surface area contributed by atoms with E-state index in [1.165, 1.54) is 16.1 Å². The van der Waals surface area contributed by atoms with Gasteiger partial charge in [0.15, 0.2) is 0 Å². The van der Waals surface area contributed by atoms with Crippen molar-refractivity contribution in [2.24, 2.45) is 0 Å². The second-order valence-corrected chi connectivity index (χ2v) is 6.67. The van der Waals surface area contributed by atoms with E-state index in [1.54, 1.807) is 43.6 Å². The quantitative estimate of drug-likeness (QED) is 0.734. The van der Waals surface area contributed by atoms with Crippen LogP contribution in [0.2, 0.25) is 0 Å². The van der Waals surface area contributed by atoms with Crippen molar-refractivity contribution in [3.63, 3.8) is 0 Å². The van der Waals surface area contributed by atoms with Crippen LogP contribution in [0.1, 0.15) is 20.8 Å². The topological polar surface area (TPSA) is 55.3 Å². The molecule has 0 saturated heterocycles. The molecule has 0 aliphatic rings. The van der Waals surface area contributed by atoms with Gasteiger partial charge in [0.25, 0.3) is 5.91 Å². The molecule has 0 bridgehead atoms. The van der Waals surface area contributed by atoms with Crippen molar-refractivity contribution in [3.05, 3.63) is 46.6 Å². The molecule has 0 radical (unpaired) electrons. The molecule has 0 unspecified atom stereocenters. The largest absolute Gasteiger partial charge is 0.438 e. The van der Waals surface area contributed by atoms with Gasteiger partial charge in [0.2, 0.25) is 5.88 Å². The van der Waals surface area contributed by atoms with Crippen LogP contribution in [0.25, 0.3) is 10.2 Å². The average Bonchev–Trinajstić information content (AvgIpc) is 2.82. The Balaban J connectivity index is 2.00. The molecule has 2 heterocycles. The van der Waals surface area contributed by atoms with E-state index in [0.29, 0.717) is 17.2 Å². The summed E-state index contributed by atoms with van der Waals surface area (Å²) in [5.41, 5.74) is 1.71. The molecule has 0 saturated carbocycles. The standard InChI is InChI=1S/C17H17N3O2S/c1-10-11(2)23-16-14(10)15(18-9-19-16)22-13-7-5-6-12(8-13)17(21)20(3)4/h5-9H,1-4H3. The lowest BCUT2D eigenvalue weighted by molar-refractivity contribution is 0.0827. The third-order valence-electron chi connectivity index (χ3n) is 3.63. The number of hydrogen-bond acceptors (Lipinski definition) is 5. The number of fused-ring (bicyclic) bond motifs is 1. The minimum Gasteiger partial charge on any atom is -0.438 e. The summed E-state index contributed by atoms with van der Waals surface area (Å²) < 4.78 is 5.94. The Bertz CT molecular complexity index is 887. The van der Waals surface area contributed by atoms with Crippen molar-refractivity contribution in [3.8, 4) is 11.6 Å². The summed E-state index contributed by atoms with van der Waals surface area (Å²) >= 11 is 1.62. The zero-order valence-corrected chi connectivity index (χ0v) is 14.3. The maximum absolute atomic E-state index is 12.1. The van der Waals surface area contributed by atoms with Gasteiger partial charge in [-0.25, -0.2) is 9.97 Å². The molecule has 6 heteroatoms. The monoisotopic (exact) mass is 327 g/mol. The maximum atomic E-state index is 12.1. The van der Waals surface area contributed by atoms with E-state index in [-0.39, 0.29) is 5.91 Å². The molecule has 118 valence electrons. The second kappa shape index (κ2) is 5.96. The van der Waals surface area contributed by atoms with E-state index in [4.69, 9.17) is 4.74 Å². The Kier molecular flexibility index (Phi) is 4.00. The lowest BCUT2D eigenvalue weighted by atomic mass is 10.2. The van der Waals surface area contributed by atoms with Gasteiger partial charge in [-0.2, -0.15) is 0 Å². The van der Waals surface area contributed by atoms with Gasteiger partial charge in [0, 0.05) is 24.5 Å². The highest BCUT2D eigenvalue weighted by molar-refractivity contribution is 7.18. The molecule has 1 amide bonds. The predicted octanol–water partition coefficient (Wildman–Crippen LogP) is 3.80. The number of amides is 1. The van der Waals surface area contributed by atoms with Gasteiger partial charge >= 0.3 is 0 Å². The predicted molar refractivity (Wildman–Crippen MR) is 91.4 cm³/mol. The van der Waals surface area contributed by atoms with Crippen LogP contribution in [0.15, 0.2) is 30.6 Å². The molecular formula is C17H17N3O2S. The van der Waals surface area contributed by atoms with Crippen LogP contribution in [-0.4, -0.2) is 34.9 Å². The van der Waals surface area contributed by atoms with E-state index in [1.807, 2.05) is 13.0 Å². The summed E-state index contributed by atoms with van der Waals surface area (Å²) in [4.78, 5) is 24.3. The first kappa shape index (κ1) is 15.4. The van der Waals surface area contributed by atoms with E-state index in [0.717, 1.165) is 15.8 Å². The molecule has 0 aliphatic heterocycles. The third kappa shape index (κ3) is 2.90. The van der Waals surface area contributed by atoms with E-state index in [9.17, 15) is 4.79 Å². The fourth-order valence-corrected chi connectivity index (χ4v) is 3.28. The molecule has 0 spiro atoms. The SMILES string of the molecule is Cc1sc2ncnc(Oc3cccc(C(=O)N(C)C)c3)c2c1C. The highest BCUT2D eigenvalue weighted by atomic mass is 32.1. The van der Waals surface area contributed by atoms with Crippen molar-refractivity contribution in [2.75, 3.05) is 14.1 Å². The Hall–Kier alpha value is -2.47. The molecule has 3 rings (SSSR count). The first-order valence-corrected chi connectivity index (χ1v) is 7.99. The molecule has 2 aromatic heterocycles. The van der Waals surface area contributed by atoms with Crippen LogP contribution in [0.4, 0.5) is 0 Å². The van der Waals surface area contributed by atoms with Gasteiger partial charge in [-0.1, -0.05) is 6.07 Å². The number of ether oxygens (including phenoxy) is 1. The van der Waals surface area contributed by atoms with Crippen molar-refractivity contribution >= 4 is 27.5 Å². The van der Waals surface area contributed by atoms with Gasteiger partial charge in [0.05, 0.1) is 5.39 Å². The lowest BCUT2D eigenvalue weighted by Crippen LogP contribution is -2.21. The van der Waals surface area contributed by atoms with E-state index < -0.39 is 0 Å². The highest BCUT2D eigenvalue weighted by Gasteiger charge is 2.14. The summed E-state index contributed by atoms with van der Waals surface area (Å²) in [5, 5.41) is 0.930. The van der Waals surface area contributed by atoms with E-state index >= 15 is 0 Å². The number of hydrogen-bond donors (Lipinski definition) is 0. The van der Waals surface area contributed by atoms with Crippen LogP contribution in [0, 0.1) is 13.8 Å². The Labute approximate surface area is 138 Å². The number of nitrogens with zero attached hydrogens (tertiary/aromatic N) is 3. The highest BCUT2D eigenvalue weighted by Crippen LogP contribution is 2.35. The Morgan fingerprint density at radius 2 is 2.00 bits per heavy atom. The van der Waals surface area contributed by atoms with Crippen LogP contribution in [-0.2, 0) is 0 Å². The number of rotatable bonds is 3. The number of carbonyl (C=O) groups excluding carboxylic acids is 1. The van der Waals surface area contributed by atoms with Crippen LogP contribution < -0.4 is 4.74 Å². The lowest BCUT2D eigenvalue weighted by Gasteiger charge is -2.11. The first-order valence-electron chi connectivity index (χ1n) is 7.17. The molecule has 1 aromatic carbocycles. The van der Waals surface area contributed by atoms with Crippen molar-refractivity contribution in [1.29, 1.82) is 0 Å². The second-order valence-electron chi connectivity index (χ2n) is 5.47. The van der Waals surface area contributed by atoms with Gasteiger partial charge < -0.3 is 9.64 Å². The fourth-order valence-electron chi connectivity index (χ4n) is 2.29. The van der Waals surface area contributed by atoms with Crippen LogP contribution in [0.3, 0.4) is 0 Å². The van der Waals surface area contributed by atoms with Crippen molar-refractivity contribution in [2.45, 2.75) is 13.8 Å². The number of aromatic nitrogens is 2. The molecule has 0 aliphatic carbocycles. The van der Waals surface area contributed by atoms with Crippen LogP contribution >= 0.6 is 11.3 Å². The summed E-state index contributed by atoms with van der Waals surface area (Å²) in [5.74, 6) is 1.04. The zero-order chi connectivity index (χ0) is 16.6. The smallest absolute Gasteiger partial charge is 0.253 e. The van der Waals surface area contributed by atoms with E-state index in [2.05, 4.69) is 16.9 Å². The maximum Gasteiger partial charge on any atom is 0.253 e. The Morgan fingerprint density at radius 1 is 1.22 bits per heavy atom. The minimum atomic E-state index is -0.0640. The van der Waals surface area contributed by atoms with Gasteiger partial charge in [-0.05, 0) is 37.6 Å². The Morgan fingerprint density at radius 3 is 2.74 bits per heavy atom. The van der Waals surface area contributed by atoms with Gasteiger partial charge in [-0.15, -0.1) is 11.3 Å². The summed E-state index contributed by atoms with van der Waals surface area (Å²) in [6.07, 6.45) is 1.50. The summed E-state index contributed by atoms with van der Waals surface area (Å²) in [6.45, 7) is 4.10. The molecule has 3 aromatic rings. The minimum absolute atomic E-state index is 0.0640. The van der Waals surface area contributed by atoms with Crippen LogP contribution in [0.5, 0.6) is 11.6 Å². The van der Waals surface area contributed by atoms with Gasteiger partial charge in [0.1, 0.15) is 16.9 Å². The molecule has 5 nitrogen and oxygen atoms in total. The third-order valence-corrected chi connectivity index (χ3v) is 4.75. The van der Waals surface area contributed by atoms with Crippen molar-refractivity contribution in [1.82, 2.24) is 14.9 Å². The number of thiophene rings is 1. The molecule has 0 fully saturated rings. The summed E-state index contributed by atoms with van der Waals surface area (Å²) in [7, 11) is 3.45. The average molecular weight is 327 g/mol. The summed E-state index contributed by atoms with van der Waals surface area (Å²) in [6, 6.07) is 7.11. The normalized spacial score (nSPS) is 10.8. The molecule has 0 N–H and O–H groups in total. The molecule has 0 atom stereocenters. The number of benzene rings is 1.